The van der Waals surface area contributed by atoms with Crippen LogP contribution in [0.1, 0.15) is 32.6 Å². The van der Waals surface area contributed by atoms with Gasteiger partial charge in [-0.15, -0.1) is 0 Å². The number of hydrogen-bond acceptors (Lipinski definition) is 6. The molecule has 0 bridgehead atoms. The van der Waals surface area contributed by atoms with Crippen LogP contribution in [0.15, 0.2) is 12.2 Å². The molecule has 0 saturated carbocycles. The lowest BCUT2D eigenvalue weighted by Crippen LogP contribution is -2.40. The summed E-state index contributed by atoms with van der Waals surface area (Å²) in [6, 6.07) is 0. The Labute approximate surface area is 149 Å². The van der Waals surface area contributed by atoms with Gasteiger partial charge in [0, 0.05) is 6.42 Å². The number of allylic oxidation sites excluding steroid dienone is 2. The van der Waals surface area contributed by atoms with Crippen LogP contribution in [0.3, 0.4) is 0 Å². The van der Waals surface area contributed by atoms with Crippen LogP contribution in [0.4, 0.5) is 0 Å². The highest BCUT2D eigenvalue weighted by Crippen LogP contribution is 2.08. The van der Waals surface area contributed by atoms with Gasteiger partial charge >= 0.3 is 5.84 Å². The maximum Gasteiger partial charge on any atom is 0.316 e. The first kappa shape index (κ1) is 21.8. The zero-order valence-electron chi connectivity index (χ0n) is 14.7. The first-order valence-electron chi connectivity index (χ1n) is 8.57. The predicted molar refractivity (Wildman–Crippen MR) is 94.4 cm³/mol. The maximum atomic E-state index is 12.6. The van der Waals surface area contributed by atoms with E-state index in [2.05, 4.69) is 6.92 Å². The van der Waals surface area contributed by atoms with E-state index in [1.54, 1.807) is 9.48 Å². The van der Waals surface area contributed by atoms with Crippen molar-refractivity contribution >= 4 is 21.7 Å². The van der Waals surface area contributed by atoms with Crippen LogP contribution >= 0.6 is 0 Å². The molecule has 8 nitrogen and oxygen atoms in total. The van der Waals surface area contributed by atoms with Gasteiger partial charge in [-0.25, -0.2) is 0 Å². The van der Waals surface area contributed by atoms with Crippen molar-refractivity contribution in [3.63, 3.8) is 0 Å². The average Bonchev–Trinajstić information content (AvgIpc) is 2.87. The Bertz CT molecular complexity index is 600. The van der Waals surface area contributed by atoms with Gasteiger partial charge in [0.25, 0.3) is 10.1 Å². The van der Waals surface area contributed by atoms with Crippen molar-refractivity contribution in [2.24, 2.45) is 0 Å². The lowest BCUT2D eigenvalue weighted by Gasteiger charge is -2.12. The standard InChI is InChI=1S/C16H28N2O6S/c1-2-3-4-5-6-7-15(21)16-17(10-11-19)8-9-18(16)12-14(20)13-25(22,23)24/h4-5,14,19-20H,2-3,6-13H2,1H3/p+1/b5-4+. The molecule has 1 aliphatic rings. The summed E-state index contributed by atoms with van der Waals surface area (Å²) in [6.45, 7) is 3.19. The van der Waals surface area contributed by atoms with Crippen molar-refractivity contribution in [2.75, 3.05) is 38.5 Å². The smallest absolute Gasteiger partial charge is 0.316 e. The molecule has 0 spiro atoms. The van der Waals surface area contributed by atoms with Gasteiger partial charge in [0.05, 0.1) is 6.61 Å². The number of β-amino-alcohol motifs (C(OH)–C–C–N with tert-alkyl or cyclic N) is 2. The second kappa shape index (κ2) is 10.6. The number of Topliss-reactive ketones (excluding diaryl/α,β-unsaturated/α-hetero) is 1. The van der Waals surface area contributed by atoms with Gasteiger partial charge < -0.3 is 10.2 Å². The number of aliphatic hydroxyl groups excluding tert-OH is 2. The van der Waals surface area contributed by atoms with E-state index >= 15 is 0 Å². The minimum Gasteiger partial charge on any atom is -0.392 e. The van der Waals surface area contributed by atoms with Crippen molar-refractivity contribution in [3.8, 4) is 0 Å². The number of carbonyl (C=O) groups is 1. The molecule has 0 aromatic rings. The van der Waals surface area contributed by atoms with Crippen molar-refractivity contribution in [1.82, 2.24) is 4.90 Å². The third-order valence-corrected chi connectivity index (χ3v) is 4.66. The van der Waals surface area contributed by atoms with E-state index in [1.165, 1.54) is 0 Å². The summed E-state index contributed by atoms with van der Waals surface area (Å²) in [7, 11) is -4.28. The van der Waals surface area contributed by atoms with Crippen molar-refractivity contribution in [3.05, 3.63) is 12.2 Å². The van der Waals surface area contributed by atoms with E-state index in [4.69, 9.17) is 9.66 Å². The second-order valence-electron chi connectivity index (χ2n) is 6.10. The van der Waals surface area contributed by atoms with Gasteiger partial charge in [-0.3, -0.25) is 18.8 Å². The summed E-state index contributed by atoms with van der Waals surface area (Å²) >= 11 is 0. The maximum absolute atomic E-state index is 12.6. The lowest BCUT2D eigenvalue weighted by molar-refractivity contribution is -0.525. The van der Waals surface area contributed by atoms with Crippen molar-refractivity contribution < 1.29 is 32.6 Å². The van der Waals surface area contributed by atoms with Crippen molar-refractivity contribution in [2.45, 2.75) is 38.7 Å². The van der Waals surface area contributed by atoms with Gasteiger partial charge in [-0.2, -0.15) is 8.42 Å². The zero-order chi connectivity index (χ0) is 18.9. The fourth-order valence-corrected chi connectivity index (χ4v) is 3.39. The quantitative estimate of drug-likeness (QED) is 0.242. The molecule has 25 heavy (non-hydrogen) atoms. The molecule has 0 aromatic carbocycles. The number of unbranched alkanes of at least 4 members (excludes halogenated alkanes) is 1. The van der Waals surface area contributed by atoms with Crippen LogP contribution in [-0.4, -0.2) is 88.9 Å². The lowest BCUT2D eigenvalue weighted by atomic mass is 10.1. The van der Waals surface area contributed by atoms with Crippen LogP contribution in [0.2, 0.25) is 0 Å². The molecule has 1 aliphatic heterocycles. The minimum atomic E-state index is -4.28. The van der Waals surface area contributed by atoms with Crippen LogP contribution in [0.25, 0.3) is 0 Å². The summed E-state index contributed by atoms with van der Waals surface area (Å²) in [5.74, 6) is -0.483. The Morgan fingerprint density at radius 1 is 1.36 bits per heavy atom. The molecule has 0 aliphatic carbocycles. The van der Waals surface area contributed by atoms with E-state index in [1.807, 2.05) is 12.2 Å². The predicted octanol–water partition coefficient (Wildman–Crippen LogP) is -0.340. The summed E-state index contributed by atoms with van der Waals surface area (Å²) in [5, 5.41) is 19.0. The van der Waals surface area contributed by atoms with E-state index in [9.17, 15) is 18.3 Å². The Balaban J connectivity index is 2.81. The summed E-state index contributed by atoms with van der Waals surface area (Å²) in [4.78, 5) is 14.3. The molecule has 0 amide bonds. The van der Waals surface area contributed by atoms with Crippen LogP contribution in [-0.2, 0) is 14.9 Å². The molecular weight excluding hydrogens is 348 g/mol. The summed E-state index contributed by atoms with van der Waals surface area (Å²) in [6.07, 6.45) is 5.63. The molecule has 3 N–H and O–H groups in total. The number of hydrogen-bond donors (Lipinski definition) is 3. The monoisotopic (exact) mass is 377 g/mol. The van der Waals surface area contributed by atoms with Crippen molar-refractivity contribution in [1.29, 1.82) is 0 Å². The zero-order valence-corrected chi connectivity index (χ0v) is 15.5. The fraction of sp³-hybridized carbons (Fsp3) is 0.750. The highest BCUT2D eigenvalue weighted by atomic mass is 32.2. The molecule has 9 heteroatoms. The molecule has 1 unspecified atom stereocenters. The molecule has 1 heterocycles. The molecule has 0 aromatic heterocycles. The molecule has 144 valence electrons. The highest BCUT2D eigenvalue weighted by Gasteiger charge is 2.36. The Hall–Kier alpha value is -1.29. The SMILES string of the molecule is CCC/C=C/CCC(=O)C1=[N+](CC(O)CS(=O)(=O)O)CCN1CCO. The normalized spacial score (nSPS) is 16.9. The van der Waals surface area contributed by atoms with Crippen LogP contribution in [0, 0.1) is 0 Å². The molecule has 0 radical (unpaired) electrons. The Kier molecular flexibility index (Phi) is 9.26. The second-order valence-corrected chi connectivity index (χ2v) is 7.60. The third-order valence-electron chi connectivity index (χ3n) is 3.85. The largest absolute Gasteiger partial charge is 0.392 e. The molecular formula is C16H29N2O6S+. The first-order valence-corrected chi connectivity index (χ1v) is 10.2. The minimum absolute atomic E-state index is 0.0610. The molecule has 0 fully saturated rings. The number of aliphatic hydroxyl groups is 2. The van der Waals surface area contributed by atoms with Gasteiger partial charge in [0.15, 0.2) is 0 Å². The average molecular weight is 377 g/mol. The number of amidine groups is 1. The van der Waals surface area contributed by atoms with Gasteiger partial charge in [-0.1, -0.05) is 25.5 Å². The molecule has 1 rings (SSSR count). The Morgan fingerprint density at radius 2 is 2.04 bits per heavy atom. The van der Waals surface area contributed by atoms with Crippen LogP contribution < -0.4 is 0 Å². The topological polar surface area (TPSA) is 118 Å². The number of carbonyl (C=O) groups excluding carboxylic acids is 1. The third kappa shape index (κ3) is 8.08. The fourth-order valence-electron chi connectivity index (χ4n) is 2.80. The highest BCUT2D eigenvalue weighted by molar-refractivity contribution is 7.85. The first-order chi connectivity index (χ1) is 11.8. The van der Waals surface area contributed by atoms with E-state index in [0.29, 0.717) is 38.3 Å². The summed E-state index contributed by atoms with van der Waals surface area (Å²) < 4.78 is 32.2. The molecule has 0 saturated heterocycles. The van der Waals surface area contributed by atoms with Crippen LogP contribution in [0.5, 0.6) is 0 Å². The Morgan fingerprint density at radius 3 is 2.64 bits per heavy atom. The number of ketones is 1. The van der Waals surface area contributed by atoms with Gasteiger partial charge in [0.1, 0.15) is 38.0 Å². The van der Waals surface area contributed by atoms with Gasteiger partial charge in [-0.05, 0) is 12.8 Å². The van der Waals surface area contributed by atoms with E-state index in [0.717, 1.165) is 12.8 Å². The number of rotatable bonds is 12. The number of nitrogens with zero attached hydrogens (tertiary/aromatic N) is 2. The van der Waals surface area contributed by atoms with Gasteiger partial charge in [0.2, 0.25) is 5.78 Å². The summed E-state index contributed by atoms with van der Waals surface area (Å²) in [5.41, 5.74) is 0. The van der Waals surface area contributed by atoms with E-state index in [-0.39, 0.29) is 18.9 Å². The molecule has 1 atom stereocenters. The van der Waals surface area contributed by atoms with E-state index < -0.39 is 22.0 Å².